The maximum Gasteiger partial charge on any atom is 0.326 e. The van der Waals surface area contributed by atoms with Crippen molar-refractivity contribution in [2.24, 2.45) is 11.8 Å². The van der Waals surface area contributed by atoms with Crippen LogP contribution < -0.4 is 5.32 Å². The van der Waals surface area contributed by atoms with Gasteiger partial charge < -0.3 is 10.1 Å². The van der Waals surface area contributed by atoms with E-state index in [1.54, 1.807) is 24.3 Å². The number of carbonyl (C=O) groups excluding carboxylic acids is 4. The van der Waals surface area contributed by atoms with Crippen molar-refractivity contribution in [3.05, 3.63) is 29.3 Å². The van der Waals surface area contributed by atoms with E-state index in [2.05, 4.69) is 5.32 Å². The predicted octanol–water partition coefficient (Wildman–Crippen LogP) is 2.00. The molecule has 138 valence electrons. The molecule has 1 saturated heterocycles. The molecule has 1 aromatic carbocycles. The molecule has 8 heteroatoms. The van der Waals surface area contributed by atoms with Crippen molar-refractivity contribution in [2.45, 2.75) is 25.7 Å². The van der Waals surface area contributed by atoms with E-state index >= 15 is 0 Å². The molecule has 3 amide bonds. The first kappa shape index (κ1) is 18.4. The SMILES string of the molecule is O=C(COC(=O)CN1C(=O)[C@@H]2CCCC[C@H]2C1=O)Nc1ccc(Cl)cc1. The Morgan fingerprint density at radius 2 is 1.65 bits per heavy atom. The maximum absolute atomic E-state index is 12.3. The summed E-state index contributed by atoms with van der Waals surface area (Å²) >= 11 is 5.76. The fraction of sp³-hybridized carbons (Fsp3) is 0.444. The van der Waals surface area contributed by atoms with Crippen molar-refractivity contribution in [3.8, 4) is 0 Å². The zero-order chi connectivity index (χ0) is 18.7. The second-order valence-electron chi connectivity index (χ2n) is 6.48. The van der Waals surface area contributed by atoms with Gasteiger partial charge in [-0.2, -0.15) is 0 Å². The summed E-state index contributed by atoms with van der Waals surface area (Å²) in [6.45, 7) is -0.941. The van der Waals surface area contributed by atoms with Gasteiger partial charge in [0.25, 0.3) is 5.91 Å². The molecule has 1 N–H and O–H groups in total. The van der Waals surface area contributed by atoms with Gasteiger partial charge in [-0.25, -0.2) is 0 Å². The maximum atomic E-state index is 12.3. The molecule has 2 fully saturated rings. The Balaban J connectivity index is 1.48. The minimum atomic E-state index is -0.781. The van der Waals surface area contributed by atoms with Gasteiger partial charge in [0.15, 0.2) is 6.61 Å². The van der Waals surface area contributed by atoms with Crippen LogP contribution in [0, 0.1) is 11.8 Å². The van der Waals surface area contributed by atoms with E-state index < -0.39 is 25.0 Å². The van der Waals surface area contributed by atoms with Crippen molar-refractivity contribution < 1.29 is 23.9 Å². The number of fused-ring (bicyclic) bond motifs is 1. The lowest BCUT2D eigenvalue weighted by molar-refractivity contribution is -0.154. The number of amides is 3. The monoisotopic (exact) mass is 378 g/mol. The standard InChI is InChI=1S/C18H19ClN2O5/c19-11-5-7-12(8-6-11)20-15(22)10-26-16(23)9-21-17(24)13-3-1-2-4-14(13)18(21)25/h5-8,13-14H,1-4,9-10H2,(H,20,22)/t13-,14-/m1/s1. The number of imide groups is 1. The second kappa shape index (κ2) is 7.86. The van der Waals surface area contributed by atoms with E-state index in [9.17, 15) is 19.2 Å². The molecule has 1 saturated carbocycles. The van der Waals surface area contributed by atoms with Crippen molar-refractivity contribution >= 4 is 41.0 Å². The highest BCUT2D eigenvalue weighted by molar-refractivity contribution is 6.30. The second-order valence-corrected chi connectivity index (χ2v) is 6.91. The van der Waals surface area contributed by atoms with Crippen LogP contribution in [0.3, 0.4) is 0 Å². The Morgan fingerprint density at radius 3 is 2.23 bits per heavy atom. The number of esters is 1. The van der Waals surface area contributed by atoms with Crippen molar-refractivity contribution in [1.29, 1.82) is 0 Å². The highest BCUT2D eigenvalue weighted by Crippen LogP contribution is 2.37. The van der Waals surface area contributed by atoms with Crippen LogP contribution >= 0.6 is 11.6 Å². The number of nitrogens with zero attached hydrogens (tertiary/aromatic N) is 1. The first-order valence-electron chi connectivity index (χ1n) is 8.52. The fourth-order valence-electron chi connectivity index (χ4n) is 3.44. The molecule has 0 aromatic heterocycles. The van der Waals surface area contributed by atoms with E-state index in [0.29, 0.717) is 23.6 Å². The smallest absolute Gasteiger partial charge is 0.326 e. The van der Waals surface area contributed by atoms with Crippen LogP contribution in [-0.2, 0) is 23.9 Å². The zero-order valence-corrected chi connectivity index (χ0v) is 14.8. The molecule has 0 spiro atoms. The molecule has 3 rings (SSSR count). The minimum Gasteiger partial charge on any atom is -0.454 e. The number of hydrogen-bond acceptors (Lipinski definition) is 5. The van der Waals surface area contributed by atoms with Crippen molar-refractivity contribution in [2.75, 3.05) is 18.5 Å². The van der Waals surface area contributed by atoms with Gasteiger partial charge in [-0.1, -0.05) is 24.4 Å². The first-order chi connectivity index (χ1) is 12.5. The number of ether oxygens (including phenoxy) is 1. The molecule has 1 aliphatic heterocycles. The van der Waals surface area contributed by atoms with Gasteiger partial charge in [-0.3, -0.25) is 24.1 Å². The molecule has 0 bridgehead atoms. The molecule has 2 atom stereocenters. The third kappa shape index (κ3) is 4.04. The summed E-state index contributed by atoms with van der Waals surface area (Å²) in [6.07, 6.45) is 3.21. The van der Waals surface area contributed by atoms with Crippen LogP contribution in [0.4, 0.5) is 5.69 Å². The fourth-order valence-corrected chi connectivity index (χ4v) is 3.56. The predicted molar refractivity (Wildman–Crippen MR) is 93.2 cm³/mol. The summed E-state index contributed by atoms with van der Waals surface area (Å²) in [4.78, 5) is 49.3. The number of likely N-dealkylation sites (tertiary alicyclic amines) is 1. The molecular formula is C18H19ClN2O5. The van der Waals surface area contributed by atoms with Crippen LogP contribution in [0.5, 0.6) is 0 Å². The normalized spacial score (nSPS) is 22.1. The van der Waals surface area contributed by atoms with Crippen LogP contribution in [0.25, 0.3) is 0 Å². The van der Waals surface area contributed by atoms with Crippen LogP contribution in [0.2, 0.25) is 5.02 Å². The minimum absolute atomic E-state index is 0.303. The van der Waals surface area contributed by atoms with E-state index in [4.69, 9.17) is 16.3 Å². The highest BCUT2D eigenvalue weighted by Gasteiger charge is 2.48. The number of benzene rings is 1. The first-order valence-corrected chi connectivity index (χ1v) is 8.90. The summed E-state index contributed by atoms with van der Waals surface area (Å²) in [6, 6.07) is 6.47. The Bertz CT molecular complexity index is 710. The molecule has 1 aliphatic carbocycles. The number of hydrogen-bond donors (Lipinski definition) is 1. The van der Waals surface area contributed by atoms with Gasteiger partial charge in [-0.05, 0) is 37.1 Å². The quantitative estimate of drug-likeness (QED) is 0.624. The number of nitrogens with one attached hydrogen (secondary N) is 1. The highest BCUT2D eigenvalue weighted by atomic mass is 35.5. The van der Waals surface area contributed by atoms with Gasteiger partial charge in [0.05, 0.1) is 11.8 Å². The van der Waals surface area contributed by atoms with Crippen LogP contribution in [0.1, 0.15) is 25.7 Å². The number of halogens is 1. The zero-order valence-electron chi connectivity index (χ0n) is 14.1. The molecule has 7 nitrogen and oxygen atoms in total. The number of rotatable bonds is 5. The lowest BCUT2D eigenvalue weighted by Gasteiger charge is -2.19. The Labute approximate surface area is 155 Å². The third-order valence-electron chi connectivity index (χ3n) is 4.71. The average molecular weight is 379 g/mol. The van der Waals surface area contributed by atoms with E-state index in [0.717, 1.165) is 17.7 Å². The Morgan fingerprint density at radius 1 is 1.08 bits per heavy atom. The summed E-state index contributed by atoms with van der Waals surface area (Å²) < 4.78 is 4.89. The lowest BCUT2D eigenvalue weighted by atomic mass is 9.81. The van der Waals surface area contributed by atoms with Gasteiger partial charge in [0.1, 0.15) is 6.54 Å². The molecule has 1 aromatic rings. The van der Waals surface area contributed by atoms with Gasteiger partial charge in [0, 0.05) is 10.7 Å². The molecule has 0 radical (unpaired) electrons. The van der Waals surface area contributed by atoms with Gasteiger partial charge in [-0.15, -0.1) is 0 Å². The topological polar surface area (TPSA) is 92.8 Å². The summed E-state index contributed by atoms with van der Waals surface area (Å²) in [5, 5.41) is 3.09. The van der Waals surface area contributed by atoms with Crippen LogP contribution in [0.15, 0.2) is 24.3 Å². The largest absolute Gasteiger partial charge is 0.454 e. The Kier molecular flexibility index (Phi) is 5.56. The third-order valence-corrected chi connectivity index (χ3v) is 4.96. The van der Waals surface area contributed by atoms with E-state index in [1.807, 2.05) is 0 Å². The number of anilines is 1. The summed E-state index contributed by atoms with van der Waals surface area (Å²) in [7, 11) is 0. The average Bonchev–Trinajstić information content (AvgIpc) is 2.87. The van der Waals surface area contributed by atoms with E-state index in [1.165, 1.54) is 0 Å². The van der Waals surface area contributed by atoms with Crippen molar-refractivity contribution in [1.82, 2.24) is 4.90 Å². The summed E-state index contributed by atoms with van der Waals surface area (Å²) in [5.74, 6) is -2.52. The molecule has 26 heavy (non-hydrogen) atoms. The Hall–Kier alpha value is -2.41. The molecule has 0 unspecified atom stereocenters. The van der Waals surface area contributed by atoms with Gasteiger partial charge >= 0.3 is 5.97 Å². The van der Waals surface area contributed by atoms with Crippen LogP contribution in [-0.4, -0.2) is 41.7 Å². The molecule has 1 heterocycles. The van der Waals surface area contributed by atoms with Gasteiger partial charge in [0.2, 0.25) is 11.8 Å². The van der Waals surface area contributed by atoms with Crippen molar-refractivity contribution in [3.63, 3.8) is 0 Å². The summed E-state index contributed by atoms with van der Waals surface area (Å²) in [5.41, 5.74) is 0.518. The molecule has 2 aliphatic rings. The molecular weight excluding hydrogens is 360 g/mol. The number of carbonyl (C=O) groups is 4. The van der Waals surface area contributed by atoms with E-state index in [-0.39, 0.29) is 23.7 Å². The lowest BCUT2D eigenvalue weighted by Crippen LogP contribution is -2.37.